The third kappa shape index (κ3) is 2.62. The number of nitrogens with two attached hydrogens (primary N) is 1. The second-order valence-corrected chi connectivity index (χ2v) is 6.97. The van der Waals surface area contributed by atoms with Gasteiger partial charge in [0.1, 0.15) is 10.7 Å². The van der Waals surface area contributed by atoms with E-state index >= 15 is 0 Å². The maximum Gasteiger partial charge on any atom is 0.267 e. The molecule has 5 nitrogen and oxygen atoms in total. The molecule has 3 heterocycles. The summed E-state index contributed by atoms with van der Waals surface area (Å²) in [5.41, 5.74) is 6.15. The number of amides is 1. The highest BCUT2D eigenvalue weighted by molar-refractivity contribution is 7.73. The molecule has 0 bridgehead atoms. The van der Waals surface area contributed by atoms with Crippen molar-refractivity contribution in [3.05, 3.63) is 8.83 Å². The molecule has 3 rings (SSSR count). The van der Waals surface area contributed by atoms with Crippen LogP contribution in [0.25, 0.3) is 0 Å². The van der Waals surface area contributed by atoms with Crippen molar-refractivity contribution in [2.24, 2.45) is 0 Å². The number of nitrogens with zero attached hydrogens (tertiary/aromatic N) is 2. The summed E-state index contributed by atoms with van der Waals surface area (Å²) >= 11 is 6.69. The molecule has 2 fully saturated rings. The van der Waals surface area contributed by atoms with Gasteiger partial charge in [-0.05, 0) is 37.9 Å². The van der Waals surface area contributed by atoms with Gasteiger partial charge in [0.25, 0.3) is 5.91 Å². The van der Waals surface area contributed by atoms with Gasteiger partial charge in [0.2, 0.25) is 0 Å². The molecule has 0 saturated carbocycles. The van der Waals surface area contributed by atoms with E-state index in [-0.39, 0.29) is 12.0 Å². The summed E-state index contributed by atoms with van der Waals surface area (Å²) in [6.07, 6.45) is 4.45. The maximum atomic E-state index is 12.4. The Morgan fingerprint density at radius 1 is 1.40 bits per heavy atom. The van der Waals surface area contributed by atoms with Gasteiger partial charge in [-0.15, -0.1) is 0 Å². The van der Waals surface area contributed by atoms with Gasteiger partial charge >= 0.3 is 0 Å². The van der Waals surface area contributed by atoms with Crippen molar-refractivity contribution in [1.29, 1.82) is 0 Å². The van der Waals surface area contributed by atoms with Crippen LogP contribution in [0.5, 0.6) is 0 Å². The van der Waals surface area contributed by atoms with Crippen LogP contribution in [0.4, 0.5) is 5.82 Å². The molecule has 2 saturated heterocycles. The Hall–Kier alpha value is -0.920. The lowest BCUT2D eigenvalue weighted by atomic mass is 10.2. The second kappa shape index (κ2) is 5.83. The van der Waals surface area contributed by atoms with Crippen molar-refractivity contribution >= 4 is 35.3 Å². The fourth-order valence-corrected chi connectivity index (χ4v) is 4.11. The molecule has 2 N–H and O–H groups in total. The molecule has 1 atom stereocenters. The smallest absolute Gasteiger partial charge is 0.267 e. The van der Waals surface area contributed by atoms with Crippen molar-refractivity contribution in [1.82, 2.24) is 9.47 Å². The van der Waals surface area contributed by atoms with E-state index < -0.39 is 0 Å². The van der Waals surface area contributed by atoms with E-state index in [1.54, 1.807) is 0 Å². The molecule has 0 spiro atoms. The number of rotatable bonds is 3. The largest absolute Gasteiger partial charge is 0.384 e. The van der Waals surface area contributed by atoms with Gasteiger partial charge in [-0.25, -0.2) is 0 Å². The molecule has 1 aromatic heterocycles. The van der Waals surface area contributed by atoms with Crippen LogP contribution in [0.3, 0.4) is 0 Å². The minimum absolute atomic E-state index is 0.0298. The number of likely N-dealkylation sites (tertiary alicyclic amines) is 1. The van der Waals surface area contributed by atoms with E-state index in [0.29, 0.717) is 21.2 Å². The maximum absolute atomic E-state index is 12.4. The topological polar surface area (TPSA) is 60.5 Å². The zero-order valence-electron chi connectivity index (χ0n) is 11.3. The summed E-state index contributed by atoms with van der Waals surface area (Å²) in [6, 6.07) is 0. The highest BCUT2D eigenvalue weighted by atomic mass is 32.1. The van der Waals surface area contributed by atoms with Crippen LogP contribution in [0.1, 0.15) is 35.4 Å². The number of carbonyl (C=O) groups excluding carboxylic acids is 1. The van der Waals surface area contributed by atoms with E-state index in [9.17, 15) is 4.79 Å². The molecule has 20 heavy (non-hydrogen) atoms. The fraction of sp³-hybridized carbons (Fsp3) is 0.692. The van der Waals surface area contributed by atoms with Crippen molar-refractivity contribution in [2.45, 2.75) is 38.3 Å². The predicted octanol–water partition coefficient (Wildman–Crippen LogP) is 2.28. The molecule has 1 aromatic rings. The average molecular weight is 313 g/mol. The first-order valence-electron chi connectivity index (χ1n) is 7.07. The molecular weight excluding hydrogens is 294 g/mol. The highest BCUT2D eigenvalue weighted by Gasteiger charge is 2.26. The van der Waals surface area contributed by atoms with Crippen LogP contribution in [-0.4, -0.2) is 41.2 Å². The Morgan fingerprint density at radius 3 is 2.80 bits per heavy atom. The number of thiazole rings is 1. The van der Waals surface area contributed by atoms with E-state index in [1.165, 1.54) is 11.3 Å². The molecular formula is C13H19N3O2S2. The van der Waals surface area contributed by atoms with Crippen molar-refractivity contribution in [3.63, 3.8) is 0 Å². The van der Waals surface area contributed by atoms with Crippen LogP contribution in [0.15, 0.2) is 0 Å². The monoisotopic (exact) mass is 313 g/mol. The second-order valence-electron chi connectivity index (χ2n) is 5.33. The molecule has 0 aromatic carbocycles. The Bertz CT molecular complexity index is 554. The standard InChI is InChI=1S/C13H19N3O2S2/c14-11-10(12(17)15-5-1-2-6-15)20-13(19)16(11)8-9-4-3-7-18-9/h9H,1-8,14H2. The van der Waals surface area contributed by atoms with Gasteiger partial charge in [-0.2, -0.15) is 0 Å². The van der Waals surface area contributed by atoms with Crippen LogP contribution in [-0.2, 0) is 11.3 Å². The Labute approximate surface area is 127 Å². The highest BCUT2D eigenvalue weighted by Crippen LogP contribution is 2.27. The molecule has 0 radical (unpaired) electrons. The summed E-state index contributed by atoms with van der Waals surface area (Å²) in [7, 11) is 0. The van der Waals surface area contributed by atoms with E-state index in [4.69, 9.17) is 22.7 Å². The zero-order valence-corrected chi connectivity index (χ0v) is 13.0. The van der Waals surface area contributed by atoms with Gasteiger partial charge in [-0.1, -0.05) is 11.3 Å². The van der Waals surface area contributed by atoms with Crippen molar-refractivity contribution in [2.75, 3.05) is 25.4 Å². The third-order valence-corrected chi connectivity index (χ3v) is 5.38. The molecule has 1 amide bonds. The van der Waals surface area contributed by atoms with Gasteiger partial charge in [-0.3, -0.25) is 4.79 Å². The predicted molar refractivity (Wildman–Crippen MR) is 81.7 cm³/mol. The SMILES string of the molecule is Nc1c(C(=O)N2CCCC2)sc(=S)n1CC1CCCO1. The first kappa shape index (κ1) is 14.0. The van der Waals surface area contributed by atoms with Crippen LogP contribution >= 0.6 is 23.6 Å². The Kier molecular flexibility index (Phi) is 4.09. The number of aromatic nitrogens is 1. The number of hydrogen-bond acceptors (Lipinski definition) is 5. The summed E-state index contributed by atoms with van der Waals surface area (Å²) in [5.74, 6) is 0.537. The Balaban J connectivity index is 1.82. The van der Waals surface area contributed by atoms with Gasteiger partial charge in [0, 0.05) is 19.7 Å². The molecule has 2 aliphatic rings. The van der Waals surface area contributed by atoms with E-state index in [0.717, 1.165) is 45.4 Å². The summed E-state index contributed by atoms with van der Waals surface area (Å²) in [6.45, 7) is 3.12. The molecule has 2 aliphatic heterocycles. The summed E-state index contributed by atoms with van der Waals surface area (Å²) in [5, 5.41) is 0. The number of nitrogen functional groups attached to an aromatic ring is 1. The lowest BCUT2D eigenvalue weighted by Crippen LogP contribution is -2.28. The molecule has 1 unspecified atom stereocenters. The molecule has 110 valence electrons. The quantitative estimate of drug-likeness (QED) is 0.870. The fourth-order valence-electron chi connectivity index (χ4n) is 2.80. The van der Waals surface area contributed by atoms with Crippen LogP contribution in [0.2, 0.25) is 0 Å². The summed E-state index contributed by atoms with van der Waals surface area (Å²) < 4.78 is 8.15. The van der Waals surface area contributed by atoms with E-state index in [2.05, 4.69) is 0 Å². The van der Waals surface area contributed by atoms with Gasteiger partial charge in [0.05, 0.1) is 12.6 Å². The van der Waals surface area contributed by atoms with Crippen LogP contribution in [0, 0.1) is 3.95 Å². The van der Waals surface area contributed by atoms with Crippen molar-refractivity contribution < 1.29 is 9.53 Å². The Morgan fingerprint density at radius 2 is 2.15 bits per heavy atom. The van der Waals surface area contributed by atoms with E-state index in [1.807, 2.05) is 9.47 Å². The number of anilines is 1. The lowest BCUT2D eigenvalue weighted by molar-refractivity contribution is 0.0796. The number of hydrogen-bond donors (Lipinski definition) is 1. The third-order valence-electron chi connectivity index (χ3n) is 3.93. The number of ether oxygens (including phenoxy) is 1. The minimum Gasteiger partial charge on any atom is -0.384 e. The number of carbonyl (C=O) groups is 1. The first-order valence-corrected chi connectivity index (χ1v) is 8.29. The normalized spacial score (nSPS) is 22.6. The lowest BCUT2D eigenvalue weighted by Gasteiger charge is -2.15. The first-order chi connectivity index (χ1) is 9.66. The molecule has 7 heteroatoms. The summed E-state index contributed by atoms with van der Waals surface area (Å²) in [4.78, 5) is 14.9. The van der Waals surface area contributed by atoms with Crippen LogP contribution < -0.4 is 5.73 Å². The van der Waals surface area contributed by atoms with Gasteiger partial charge in [0.15, 0.2) is 3.95 Å². The van der Waals surface area contributed by atoms with Crippen molar-refractivity contribution in [3.8, 4) is 0 Å². The zero-order chi connectivity index (χ0) is 14.1. The molecule has 0 aliphatic carbocycles. The average Bonchev–Trinajstić information content (AvgIpc) is 3.15. The minimum atomic E-state index is 0.0298. The van der Waals surface area contributed by atoms with Gasteiger partial charge < -0.3 is 19.9 Å².